The lowest BCUT2D eigenvalue weighted by molar-refractivity contribution is -0.116. The van der Waals surface area contributed by atoms with E-state index in [-0.39, 0.29) is 18.2 Å². The number of Topliss-reactive ketones (excluding diaryl/α,β-unsaturated/α-hetero) is 1. The van der Waals surface area contributed by atoms with Gasteiger partial charge in [0.15, 0.2) is 11.5 Å². The van der Waals surface area contributed by atoms with Crippen LogP contribution < -0.4 is 0 Å². The fourth-order valence-electron chi connectivity index (χ4n) is 1.48. The van der Waals surface area contributed by atoms with E-state index in [1.54, 1.807) is 19.1 Å². The van der Waals surface area contributed by atoms with Gasteiger partial charge in [-0.2, -0.15) is 5.10 Å². The SMILES string of the molecule is Cc1ccc(C(=O)N2CCC(=O)C2)nn1. The zero-order valence-electron chi connectivity index (χ0n) is 8.43. The lowest BCUT2D eigenvalue weighted by atomic mass is 10.3. The molecule has 1 saturated heterocycles. The number of likely N-dealkylation sites (tertiary alicyclic amines) is 1. The van der Waals surface area contributed by atoms with Gasteiger partial charge in [0, 0.05) is 13.0 Å². The monoisotopic (exact) mass is 205 g/mol. The van der Waals surface area contributed by atoms with Crippen LogP contribution >= 0.6 is 0 Å². The number of rotatable bonds is 1. The molecular weight excluding hydrogens is 194 g/mol. The summed E-state index contributed by atoms with van der Waals surface area (Å²) in [5.74, 6) is -0.114. The number of amides is 1. The Balaban J connectivity index is 2.14. The Kier molecular flexibility index (Phi) is 2.45. The lowest BCUT2D eigenvalue weighted by Crippen LogP contribution is -2.29. The Morgan fingerprint density at radius 1 is 1.40 bits per heavy atom. The van der Waals surface area contributed by atoms with E-state index in [4.69, 9.17) is 0 Å². The summed E-state index contributed by atoms with van der Waals surface area (Å²) in [5, 5.41) is 7.60. The zero-order valence-corrected chi connectivity index (χ0v) is 8.43. The van der Waals surface area contributed by atoms with Crippen molar-refractivity contribution in [3.8, 4) is 0 Å². The van der Waals surface area contributed by atoms with Crippen LogP contribution in [-0.4, -0.2) is 39.9 Å². The quantitative estimate of drug-likeness (QED) is 0.657. The molecule has 0 saturated carbocycles. The number of aromatic nitrogens is 2. The van der Waals surface area contributed by atoms with Gasteiger partial charge in [0.05, 0.1) is 12.2 Å². The standard InChI is InChI=1S/C10H11N3O2/c1-7-2-3-9(12-11-7)10(15)13-5-4-8(14)6-13/h2-3H,4-6H2,1H3. The summed E-state index contributed by atoms with van der Waals surface area (Å²) in [6.07, 6.45) is 0.449. The second kappa shape index (κ2) is 3.76. The molecule has 1 aromatic heterocycles. The second-order valence-corrected chi connectivity index (χ2v) is 3.58. The molecule has 0 bridgehead atoms. The van der Waals surface area contributed by atoms with Crippen LogP contribution in [0.1, 0.15) is 22.6 Å². The minimum Gasteiger partial charge on any atom is -0.329 e. The van der Waals surface area contributed by atoms with Crippen LogP contribution in [0.3, 0.4) is 0 Å². The molecule has 0 atom stereocenters. The minimum atomic E-state index is -0.214. The first-order chi connectivity index (χ1) is 7.16. The van der Waals surface area contributed by atoms with Crippen molar-refractivity contribution in [1.82, 2.24) is 15.1 Å². The normalized spacial score (nSPS) is 15.8. The highest BCUT2D eigenvalue weighted by Gasteiger charge is 2.25. The third-order valence-corrected chi connectivity index (χ3v) is 2.33. The van der Waals surface area contributed by atoms with Crippen LogP contribution in [0, 0.1) is 6.92 Å². The summed E-state index contributed by atoms with van der Waals surface area (Å²) in [5.41, 5.74) is 1.07. The molecule has 0 aliphatic carbocycles. The second-order valence-electron chi connectivity index (χ2n) is 3.58. The molecule has 5 nitrogen and oxygen atoms in total. The molecule has 0 unspecified atom stereocenters. The molecule has 15 heavy (non-hydrogen) atoms. The molecule has 2 heterocycles. The van der Waals surface area contributed by atoms with Gasteiger partial charge in [-0.1, -0.05) is 0 Å². The van der Waals surface area contributed by atoms with E-state index in [0.29, 0.717) is 18.7 Å². The van der Waals surface area contributed by atoms with Crippen LogP contribution in [-0.2, 0) is 4.79 Å². The summed E-state index contributed by atoms with van der Waals surface area (Å²) in [6.45, 7) is 2.50. The number of aryl methyl sites for hydroxylation is 1. The highest BCUT2D eigenvalue weighted by Crippen LogP contribution is 2.08. The maximum atomic E-state index is 11.8. The minimum absolute atomic E-state index is 0.100. The van der Waals surface area contributed by atoms with Crippen molar-refractivity contribution in [3.63, 3.8) is 0 Å². The fraction of sp³-hybridized carbons (Fsp3) is 0.400. The number of nitrogens with zero attached hydrogens (tertiary/aromatic N) is 3. The van der Waals surface area contributed by atoms with Crippen LogP contribution in [0.2, 0.25) is 0 Å². The Morgan fingerprint density at radius 2 is 2.20 bits per heavy atom. The molecular formula is C10H11N3O2. The summed E-state index contributed by atoms with van der Waals surface area (Å²) >= 11 is 0. The fourth-order valence-corrected chi connectivity index (χ4v) is 1.48. The van der Waals surface area contributed by atoms with E-state index in [2.05, 4.69) is 10.2 Å². The van der Waals surface area contributed by atoms with Gasteiger partial charge in [-0.25, -0.2) is 0 Å². The number of hydrogen-bond donors (Lipinski definition) is 0. The van der Waals surface area contributed by atoms with Crippen molar-refractivity contribution in [2.24, 2.45) is 0 Å². The number of hydrogen-bond acceptors (Lipinski definition) is 4. The average molecular weight is 205 g/mol. The van der Waals surface area contributed by atoms with E-state index >= 15 is 0 Å². The highest BCUT2D eigenvalue weighted by molar-refractivity contribution is 5.97. The Morgan fingerprint density at radius 3 is 2.73 bits per heavy atom. The maximum absolute atomic E-state index is 11.8. The number of ketones is 1. The molecule has 1 aromatic rings. The van der Waals surface area contributed by atoms with Gasteiger partial charge in [0.2, 0.25) is 0 Å². The Bertz CT molecular complexity index is 400. The van der Waals surface area contributed by atoms with Gasteiger partial charge in [-0.15, -0.1) is 5.10 Å². The first-order valence-corrected chi connectivity index (χ1v) is 4.78. The van der Waals surface area contributed by atoms with Gasteiger partial charge in [0.25, 0.3) is 5.91 Å². The first-order valence-electron chi connectivity index (χ1n) is 4.78. The van der Waals surface area contributed by atoms with Crippen molar-refractivity contribution in [1.29, 1.82) is 0 Å². The number of carbonyl (C=O) groups is 2. The molecule has 5 heteroatoms. The summed E-state index contributed by atoms with van der Waals surface area (Å²) in [4.78, 5) is 24.3. The van der Waals surface area contributed by atoms with Gasteiger partial charge in [-0.05, 0) is 19.1 Å². The summed E-state index contributed by atoms with van der Waals surface area (Å²) < 4.78 is 0. The van der Waals surface area contributed by atoms with E-state index in [9.17, 15) is 9.59 Å². The third-order valence-electron chi connectivity index (χ3n) is 2.33. The van der Waals surface area contributed by atoms with Crippen molar-refractivity contribution in [3.05, 3.63) is 23.5 Å². The van der Waals surface area contributed by atoms with E-state index in [0.717, 1.165) is 5.69 Å². The van der Waals surface area contributed by atoms with Crippen LogP contribution in [0.15, 0.2) is 12.1 Å². The molecule has 1 fully saturated rings. The van der Waals surface area contributed by atoms with Crippen molar-refractivity contribution < 1.29 is 9.59 Å². The van der Waals surface area contributed by atoms with Crippen LogP contribution in [0.5, 0.6) is 0 Å². The predicted molar refractivity (Wildman–Crippen MR) is 52.3 cm³/mol. The van der Waals surface area contributed by atoms with Gasteiger partial charge < -0.3 is 4.90 Å². The van der Waals surface area contributed by atoms with Crippen molar-refractivity contribution >= 4 is 11.7 Å². The molecule has 1 aliphatic heterocycles. The zero-order chi connectivity index (χ0) is 10.8. The molecule has 2 rings (SSSR count). The molecule has 0 aromatic carbocycles. The van der Waals surface area contributed by atoms with E-state index < -0.39 is 0 Å². The van der Waals surface area contributed by atoms with Gasteiger partial charge in [-0.3, -0.25) is 9.59 Å². The largest absolute Gasteiger partial charge is 0.329 e. The molecule has 1 aliphatic rings. The van der Waals surface area contributed by atoms with Gasteiger partial charge in [0.1, 0.15) is 0 Å². The van der Waals surface area contributed by atoms with Crippen LogP contribution in [0.25, 0.3) is 0 Å². The molecule has 78 valence electrons. The predicted octanol–water partition coefficient (Wildman–Crippen LogP) is 0.200. The topological polar surface area (TPSA) is 63.2 Å². The Labute approximate surface area is 87.1 Å². The van der Waals surface area contributed by atoms with E-state index in [1.807, 2.05) is 0 Å². The Hall–Kier alpha value is -1.78. The summed E-state index contributed by atoms with van der Waals surface area (Å²) in [6, 6.07) is 3.37. The maximum Gasteiger partial charge on any atom is 0.274 e. The molecule has 0 N–H and O–H groups in total. The number of carbonyl (C=O) groups excluding carboxylic acids is 2. The molecule has 1 amide bonds. The molecule has 0 spiro atoms. The highest BCUT2D eigenvalue weighted by atomic mass is 16.2. The third kappa shape index (κ3) is 2.01. The van der Waals surface area contributed by atoms with Crippen LogP contribution in [0.4, 0.5) is 0 Å². The van der Waals surface area contributed by atoms with E-state index in [1.165, 1.54) is 4.90 Å². The van der Waals surface area contributed by atoms with Crippen molar-refractivity contribution in [2.75, 3.05) is 13.1 Å². The van der Waals surface area contributed by atoms with Gasteiger partial charge >= 0.3 is 0 Å². The van der Waals surface area contributed by atoms with Crippen molar-refractivity contribution in [2.45, 2.75) is 13.3 Å². The lowest BCUT2D eigenvalue weighted by Gasteiger charge is -2.12. The summed E-state index contributed by atoms with van der Waals surface area (Å²) in [7, 11) is 0. The average Bonchev–Trinajstić information content (AvgIpc) is 2.65. The first kappa shape index (κ1) is 9.76. The molecule has 0 radical (unpaired) electrons. The smallest absolute Gasteiger partial charge is 0.274 e.